The molecular weight excluding hydrogens is 295 g/mol. The lowest BCUT2D eigenvalue weighted by molar-refractivity contribution is 0.631. The summed E-state index contributed by atoms with van der Waals surface area (Å²) >= 11 is 0. The van der Waals surface area contributed by atoms with Crippen molar-refractivity contribution < 1.29 is 4.39 Å². The molecule has 0 unspecified atom stereocenters. The van der Waals surface area contributed by atoms with Gasteiger partial charge in [-0.2, -0.15) is 0 Å². The summed E-state index contributed by atoms with van der Waals surface area (Å²) in [6.07, 6.45) is 5.32. The van der Waals surface area contributed by atoms with Gasteiger partial charge in [-0.05, 0) is 37.5 Å². The number of benzene rings is 1. The lowest BCUT2D eigenvalue weighted by atomic mass is 10.2. The zero-order valence-electron chi connectivity index (χ0n) is 12.5. The third kappa shape index (κ3) is 2.90. The van der Waals surface area contributed by atoms with Gasteiger partial charge in [0.15, 0.2) is 5.82 Å². The largest absolute Gasteiger partial charge is 0.351 e. The van der Waals surface area contributed by atoms with E-state index in [-0.39, 0.29) is 5.82 Å². The number of aryl methyl sites for hydroxylation is 1. The van der Waals surface area contributed by atoms with E-state index in [0.717, 1.165) is 18.4 Å². The number of halogens is 1. The van der Waals surface area contributed by atoms with Gasteiger partial charge in [-0.3, -0.25) is 0 Å². The fourth-order valence-electron chi connectivity index (χ4n) is 2.29. The quantitative estimate of drug-likeness (QED) is 0.771. The maximum Gasteiger partial charge on any atom is 0.223 e. The predicted octanol–water partition coefficient (Wildman–Crippen LogP) is 3.19. The van der Waals surface area contributed by atoms with Crippen molar-refractivity contribution in [2.75, 3.05) is 10.6 Å². The number of aromatic nitrogens is 4. The van der Waals surface area contributed by atoms with Gasteiger partial charge in [0, 0.05) is 6.04 Å². The minimum absolute atomic E-state index is 0.340. The first-order chi connectivity index (χ1) is 11.2. The van der Waals surface area contributed by atoms with E-state index in [9.17, 15) is 4.39 Å². The normalized spacial score (nSPS) is 14.0. The van der Waals surface area contributed by atoms with Crippen molar-refractivity contribution in [2.45, 2.75) is 25.8 Å². The fraction of sp³-hybridized carbons (Fsp3) is 0.250. The SMILES string of the molecule is Cc1ccc(F)c(Nc2ncnc3cnc(NC4CC4)nc23)c1. The van der Waals surface area contributed by atoms with Gasteiger partial charge in [-0.15, -0.1) is 0 Å². The molecule has 0 atom stereocenters. The minimum Gasteiger partial charge on any atom is -0.351 e. The summed E-state index contributed by atoms with van der Waals surface area (Å²) in [4.78, 5) is 17.1. The van der Waals surface area contributed by atoms with Crippen LogP contribution in [0.1, 0.15) is 18.4 Å². The summed E-state index contributed by atoms with van der Waals surface area (Å²) in [6.45, 7) is 1.91. The van der Waals surface area contributed by atoms with Crippen LogP contribution < -0.4 is 10.6 Å². The van der Waals surface area contributed by atoms with Crippen LogP contribution in [0.4, 0.5) is 21.8 Å². The Hall–Kier alpha value is -2.83. The number of anilines is 3. The maximum absolute atomic E-state index is 14.0. The van der Waals surface area contributed by atoms with Crippen LogP contribution in [0.2, 0.25) is 0 Å². The van der Waals surface area contributed by atoms with E-state index in [0.29, 0.717) is 34.5 Å². The van der Waals surface area contributed by atoms with E-state index in [1.54, 1.807) is 18.3 Å². The Balaban J connectivity index is 1.74. The van der Waals surface area contributed by atoms with Crippen molar-refractivity contribution in [2.24, 2.45) is 0 Å². The molecule has 0 bridgehead atoms. The second-order valence-electron chi connectivity index (χ2n) is 5.68. The van der Waals surface area contributed by atoms with Gasteiger partial charge in [0.25, 0.3) is 0 Å². The Labute approximate surface area is 132 Å². The minimum atomic E-state index is -0.340. The number of rotatable bonds is 4. The second kappa shape index (κ2) is 5.42. The van der Waals surface area contributed by atoms with Crippen LogP contribution in [0.5, 0.6) is 0 Å². The highest BCUT2D eigenvalue weighted by Gasteiger charge is 2.22. The Morgan fingerprint density at radius 1 is 1.17 bits per heavy atom. The van der Waals surface area contributed by atoms with Gasteiger partial charge in [-0.1, -0.05) is 6.07 Å². The van der Waals surface area contributed by atoms with Crippen LogP contribution >= 0.6 is 0 Å². The summed E-state index contributed by atoms with van der Waals surface area (Å²) < 4.78 is 14.0. The summed E-state index contributed by atoms with van der Waals surface area (Å²) in [6, 6.07) is 5.32. The molecule has 1 aliphatic carbocycles. The molecule has 1 saturated carbocycles. The number of nitrogens with zero attached hydrogens (tertiary/aromatic N) is 4. The Morgan fingerprint density at radius 3 is 2.87 bits per heavy atom. The van der Waals surface area contributed by atoms with E-state index < -0.39 is 0 Å². The van der Waals surface area contributed by atoms with E-state index in [2.05, 4.69) is 30.6 Å². The first-order valence-electron chi connectivity index (χ1n) is 7.46. The Morgan fingerprint density at radius 2 is 2.04 bits per heavy atom. The van der Waals surface area contributed by atoms with Crippen LogP contribution in [0, 0.1) is 12.7 Å². The van der Waals surface area contributed by atoms with Crippen molar-refractivity contribution in [3.05, 3.63) is 42.1 Å². The Bertz CT molecular complexity index is 878. The molecule has 23 heavy (non-hydrogen) atoms. The van der Waals surface area contributed by atoms with Crippen molar-refractivity contribution in [1.82, 2.24) is 19.9 Å². The molecule has 2 aromatic heterocycles. The Kier molecular flexibility index (Phi) is 3.25. The molecule has 116 valence electrons. The topological polar surface area (TPSA) is 75.6 Å². The summed E-state index contributed by atoms with van der Waals surface area (Å²) in [5, 5.41) is 6.25. The second-order valence-corrected chi connectivity index (χ2v) is 5.68. The zero-order chi connectivity index (χ0) is 15.8. The van der Waals surface area contributed by atoms with Crippen LogP contribution in [0.15, 0.2) is 30.7 Å². The van der Waals surface area contributed by atoms with E-state index in [4.69, 9.17) is 0 Å². The average Bonchev–Trinajstić information content (AvgIpc) is 3.35. The predicted molar refractivity (Wildman–Crippen MR) is 86.2 cm³/mol. The monoisotopic (exact) mass is 310 g/mol. The maximum atomic E-state index is 14.0. The molecule has 0 saturated heterocycles. The van der Waals surface area contributed by atoms with Gasteiger partial charge in [-0.25, -0.2) is 24.3 Å². The molecule has 3 aromatic rings. The average molecular weight is 310 g/mol. The number of hydrogen-bond acceptors (Lipinski definition) is 6. The van der Waals surface area contributed by atoms with Crippen LogP contribution in [0.3, 0.4) is 0 Å². The van der Waals surface area contributed by atoms with Gasteiger partial charge < -0.3 is 10.6 Å². The third-order valence-corrected chi connectivity index (χ3v) is 3.66. The molecule has 2 N–H and O–H groups in total. The number of fused-ring (bicyclic) bond motifs is 1. The molecule has 0 radical (unpaired) electrons. The molecular formula is C16H15FN6. The number of hydrogen-bond donors (Lipinski definition) is 2. The van der Waals surface area contributed by atoms with E-state index in [1.807, 2.05) is 6.92 Å². The standard InChI is InChI=1S/C16H15FN6/c1-9-2-5-11(17)12(6-9)22-15-14-13(19-8-20-15)7-18-16(23-14)21-10-3-4-10/h2,5-8,10H,3-4H2,1H3,(H,18,21,23)(H,19,20,22). The van der Waals surface area contributed by atoms with Gasteiger partial charge in [0.2, 0.25) is 5.95 Å². The first-order valence-corrected chi connectivity index (χ1v) is 7.46. The molecule has 6 nitrogen and oxygen atoms in total. The molecule has 0 spiro atoms. The summed E-state index contributed by atoms with van der Waals surface area (Å²) in [7, 11) is 0. The fourth-order valence-corrected chi connectivity index (χ4v) is 2.29. The molecule has 0 amide bonds. The molecule has 1 fully saturated rings. The van der Waals surface area contributed by atoms with Crippen molar-refractivity contribution in [1.29, 1.82) is 0 Å². The van der Waals surface area contributed by atoms with Gasteiger partial charge in [0.1, 0.15) is 23.2 Å². The van der Waals surface area contributed by atoms with Crippen molar-refractivity contribution >= 4 is 28.5 Å². The van der Waals surface area contributed by atoms with E-state index in [1.165, 1.54) is 12.4 Å². The lowest BCUT2D eigenvalue weighted by Crippen LogP contribution is -2.07. The van der Waals surface area contributed by atoms with Gasteiger partial charge >= 0.3 is 0 Å². The summed E-state index contributed by atoms with van der Waals surface area (Å²) in [5.41, 5.74) is 2.49. The number of nitrogens with one attached hydrogen (secondary N) is 2. The highest BCUT2D eigenvalue weighted by molar-refractivity contribution is 5.87. The smallest absolute Gasteiger partial charge is 0.223 e. The highest BCUT2D eigenvalue weighted by Crippen LogP contribution is 2.26. The third-order valence-electron chi connectivity index (χ3n) is 3.66. The van der Waals surface area contributed by atoms with Crippen LogP contribution in [0.25, 0.3) is 11.0 Å². The highest BCUT2D eigenvalue weighted by atomic mass is 19.1. The van der Waals surface area contributed by atoms with Crippen LogP contribution in [-0.4, -0.2) is 26.0 Å². The summed E-state index contributed by atoms with van der Waals surface area (Å²) in [5.74, 6) is 0.663. The van der Waals surface area contributed by atoms with E-state index >= 15 is 0 Å². The molecule has 7 heteroatoms. The molecule has 0 aliphatic heterocycles. The van der Waals surface area contributed by atoms with Crippen molar-refractivity contribution in [3.63, 3.8) is 0 Å². The van der Waals surface area contributed by atoms with Crippen LogP contribution in [-0.2, 0) is 0 Å². The first kappa shape index (κ1) is 13.8. The molecule has 1 aliphatic rings. The zero-order valence-corrected chi connectivity index (χ0v) is 12.5. The molecule has 2 heterocycles. The molecule has 4 rings (SSSR count). The molecule has 1 aromatic carbocycles. The van der Waals surface area contributed by atoms with Gasteiger partial charge in [0.05, 0.1) is 11.9 Å². The lowest BCUT2D eigenvalue weighted by Gasteiger charge is -2.10. The van der Waals surface area contributed by atoms with Crippen molar-refractivity contribution in [3.8, 4) is 0 Å².